The molecule has 27 heavy (non-hydrogen) atoms. The van der Waals surface area contributed by atoms with E-state index in [1.807, 2.05) is 4.90 Å². The molecule has 1 aromatic rings. The highest BCUT2D eigenvalue weighted by Gasteiger charge is 2.31. The maximum absolute atomic E-state index is 12.9. The molecule has 7 heteroatoms. The second-order valence-electron chi connectivity index (χ2n) is 7.54. The van der Waals surface area contributed by atoms with Crippen molar-refractivity contribution >= 4 is 23.8 Å². The number of benzene rings is 1. The van der Waals surface area contributed by atoms with Gasteiger partial charge >= 0.3 is 0 Å². The third-order valence-electron chi connectivity index (χ3n) is 5.78. The van der Waals surface area contributed by atoms with Crippen molar-refractivity contribution in [3.05, 3.63) is 23.8 Å². The number of hydrogen-bond donors (Lipinski definition) is 2. The molecule has 1 aromatic carbocycles. The van der Waals surface area contributed by atoms with Crippen LogP contribution in [0.4, 0.5) is 11.4 Å². The molecule has 1 aliphatic carbocycles. The van der Waals surface area contributed by atoms with Crippen LogP contribution in [-0.4, -0.2) is 60.5 Å². The average Bonchev–Trinajstić information content (AvgIpc) is 2.71. The Morgan fingerprint density at radius 1 is 1.11 bits per heavy atom. The average molecular weight is 374 g/mol. The van der Waals surface area contributed by atoms with E-state index in [-0.39, 0.29) is 5.91 Å². The van der Waals surface area contributed by atoms with E-state index in [4.69, 9.17) is 16.2 Å². The van der Waals surface area contributed by atoms with Gasteiger partial charge in [-0.25, -0.2) is 0 Å². The monoisotopic (exact) mass is 374 g/mol. The maximum Gasteiger partial charge on any atom is 0.293 e. The summed E-state index contributed by atoms with van der Waals surface area (Å²) < 4.78 is 5.12. The molecule has 1 saturated heterocycles. The van der Waals surface area contributed by atoms with Gasteiger partial charge in [0.25, 0.3) is 12.4 Å². The molecule has 1 heterocycles. The van der Waals surface area contributed by atoms with Crippen LogP contribution < -0.4 is 11.5 Å². The number of rotatable bonds is 6. The lowest BCUT2D eigenvalue weighted by atomic mass is 9.94. The first-order valence-corrected chi connectivity index (χ1v) is 9.84. The lowest BCUT2D eigenvalue weighted by Gasteiger charge is -2.41. The fourth-order valence-corrected chi connectivity index (χ4v) is 4.18. The molecule has 1 atom stereocenters. The Morgan fingerprint density at radius 2 is 1.81 bits per heavy atom. The SMILES string of the molecule is Nc1ccc(CC(OC=O)C(=O)N2CCN(C3CCCCC3)CC2)cc1N. The summed E-state index contributed by atoms with van der Waals surface area (Å²) in [4.78, 5) is 28.1. The van der Waals surface area contributed by atoms with Crippen molar-refractivity contribution in [1.29, 1.82) is 0 Å². The second kappa shape index (κ2) is 9.08. The predicted molar refractivity (Wildman–Crippen MR) is 105 cm³/mol. The fourth-order valence-electron chi connectivity index (χ4n) is 4.18. The molecular formula is C20H30N4O3. The third kappa shape index (κ3) is 4.91. The summed E-state index contributed by atoms with van der Waals surface area (Å²) in [6, 6.07) is 5.90. The van der Waals surface area contributed by atoms with Crippen LogP contribution in [-0.2, 0) is 20.7 Å². The molecular weight excluding hydrogens is 344 g/mol. The minimum atomic E-state index is -0.827. The number of piperazine rings is 1. The first kappa shape index (κ1) is 19.5. The number of amides is 1. The summed E-state index contributed by atoms with van der Waals surface area (Å²) in [5.41, 5.74) is 13.4. The Kier molecular flexibility index (Phi) is 6.55. The first-order valence-electron chi connectivity index (χ1n) is 9.84. The van der Waals surface area contributed by atoms with Crippen molar-refractivity contribution in [1.82, 2.24) is 9.80 Å². The molecule has 2 aliphatic rings. The highest BCUT2D eigenvalue weighted by Crippen LogP contribution is 2.24. The zero-order valence-electron chi connectivity index (χ0n) is 15.8. The third-order valence-corrected chi connectivity index (χ3v) is 5.78. The van der Waals surface area contributed by atoms with Gasteiger partial charge in [-0.15, -0.1) is 0 Å². The smallest absolute Gasteiger partial charge is 0.293 e. The molecule has 1 amide bonds. The number of nitrogens with two attached hydrogens (primary N) is 2. The van der Waals surface area contributed by atoms with Gasteiger partial charge in [-0.05, 0) is 30.5 Å². The number of anilines is 2. The normalized spacial score (nSPS) is 20.2. The second-order valence-corrected chi connectivity index (χ2v) is 7.54. The topological polar surface area (TPSA) is 102 Å². The Morgan fingerprint density at radius 3 is 2.44 bits per heavy atom. The highest BCUT2D eigenvalue weighted by atomic mass is 16.5. The Hall–Kier alpha value is -2.28. The Balaban J connectivity index is 1.58. The van der Waals surface area contributed by atoms with Gasteiger partial charge < -0.3 is 21.1 Å². The van der Waals surface area contributed by atoms with Crippen molar-refractivity contribution in [3.8, 4) is 0 Å². The van der Waals surface area contributed by atoms with Crippen LogP contribution in [0.15, 0.2) is 18.2 Å². The zero-order chi connectivity index (χ0) is 19.2. The fraction of sp³-hybridized carbons (Fsp3) is 0.600. The van der Waals surface area contributed by atoms with E-state index >= 15 is 0 Å². The summed E-state index contributed by atoms with van der Waals surface area (Å²) >= 11 is 0. The number of nitrogens with zero attached hydrogens (tertiary/aromatic N) is 2. The van der Waals surface area contributed by atoms with Gasteiger partial charge in [-0.2, -0.15) is 0 Å². The lowest BCUT2D eigenvalue weighted by molar-refractivity contribution is -0.152. The first-order chi connectivity index (χ1) is 13.1. The molecule has 1 aliphatic heterocycles. The van der Waals surface area contributed by atoms with Gasteiger partial charge in [0.1, 0.15) is 0 Å². The van der Waals surface area contributed by atoms with Gasteiger partial charge in [-0.1, -0.05) is 25.3 Å². The van der Waals surface area contributed by atoms with E-state index in [1.165, 1.54) is 32.1 Å². The molecule has 4 N–H and O–H groups in total. The molecule has 148 valence electrons. The van der Waals surface area contributed by atoms with Crippen molar-refractivity contribution in [2.75, 3.05) is 37.6 Å². The van der Waals surface area contributed by atoms with Crippen LogP contribution >= 0.6 is 0 Å². The molecule has 0 radical (unpaired) electrons. The van der Waals surface area contributed by atoms with Crippen LogP contribution in [0, 0.1) is 0 Å². The molecule has 0 aromatic heterocycles. The molecule has 1 saturated carbocycles. The Labute approximate surface area is 160 Å². The van der Waals surface area contributed by atoms with Crippen LogP contribution in [0.25, 0.3) is 0 Å². The van der Waals surface area contributed by atoms with Crippen molar-refractivity contribution in [2.45, 2.75) is 50.7 Å². The molecule has 2 fully saturated rings. The summed E-state index contributed by atoms with van der Waals surface area (Å²) in [5.74, 6) is -0.138. The summed E-state index contributed by atoms with van der Waals surface area (Å²) in [6.45, 7) is 3.48. The Bertz CT molecular complexity index is 653. The maximum atomic E-state index is 12.9. The largest absolute Gasteiger partial charge is 0.454 e. The van der Waals surface area contributed by atoms with Gasteiger partial charge in [-0.3, -0.25) is 14.5 Å². The molecule has 7 nitrogen and oxygen atoms in total. The minimum Gasteiger partial charge on any atom is -0.454 e. The summed E-state index contributed by atoms with van der Waals surface area (Å²) in [6.07, 6.45) is 5.97. The number of hydrogen-bond acceptors (Lipinski definition) is 6. The van der Waals surface area contributed by atoms with Crippen molar-refractivity contribution in [3.63, 3.8) is 0 Å². The summed E-state index contributed by atoms with van der Waals surface area (Å²) in [7, 11) is 0. The van der Waals surface area contributed by atoms with Crippen molar-refractivity contribution < 1.29 is 14.3 Å². The van der Waals surface area contributed by atoms with Crippen LogP contribution in [0.3, 0.4) is 0 Å². The predicted octanol–water partition coefficient (Wildman–Crippen LogP) is 1.41. The van der Waals surface area contributed by atoms with Gasteiger partial charge in [0.2, 0.25) is 0 Å². The van der Waals surface area contributed by atoms with E-state index in [0.717, 1.165) is 18.7 Å². The quantitative estimate of drug-likeness (QED) is 0.577. The van der Waals surface area contributed by atoms with Crippen molar-refractivity contribution in [2.24, 2.45) is 0 Å². The molecule has 3 rings (SSSR count). The highest BCUT2D eigenvalue weighted by molar-refractivity contribution is 5.82. The minimum absolute atomic E-state index is 0.138. The van der Waals surface area contributed by atoms with Crippen LogP contribution in [0.1, 0.15) is 37.7 Å². The molecule has 0 spiro atoms. The standard InChI is InChI=1S/C20H30N4O3/c21-17-7-6-15(12-18(17)22)13-19(27-14-25)20(26)24-10-8-23(9-11-24)16-4-2-1-3-5-16/h6-7,12,14,16,19H,1-5,8-11,13,21-22H2. The van der Waals surface area contributed by atoms with Gasteiger partial charge in [0, 0.05) is 38.6 Å². The number of nitrogen functional groups attached to an aromatic ring is 2. The number of carbonyl (C=O) groups excluding carboxylic acids is 2. The van der Waals surface area contributed by atoms with E-state index in [2.05, 4.69) is 4.90 Å². The van der Waals surface area contributed by atoms with E-state index in [9.17, 15) is 9.59 Å². The van der Waals surface area contributed by atoms with E-state index < -0.39 is 6.10 Å². The van der Waals surface area contributed by atoms with Gasteiger partial charge in [0.15, 0.2) is 6.10 Å². The number of ether oxygens (including phenoxy) is 1. The molecule has 1 unspecified atom stereocenters. The number of carbonyl (C=O) groups is 2. The van der Waals surface area contributed by atoms with E-state index in [0.29, 0.717) is 43.4 Å². The van der Waals surface area contributed by atoms with Crippen LogP contribution in [0.5, 0.6) is 0 Å². The van der Waals surface area contributed by atoms with Crippen LogP contribution in [0.2, 0.25) is 0 Å². The lowest BCUT2D eigenvalue weighted by Crippen LogP contribution is -2.54. The molecule has 0 bridgehead atoms. The zero-order valence-corrected chi connectivity index (χ0v) is 15.8. The summed E-state index contributed by atoms with van der Waals surface area (Å²) in [5, 5.41) is 0. The van der Waals surface area contributed by atoms with Gasteiger partial charge in [0.05, 0.1) is 11.4 Å². The van der Waals surface area contributed by atoms with E-state index in [1.54, 1.807) is 18.2 Å².